The van der Waals surface area contributed by atoms with E-state index < -0.39 is 78.5 Å². The van der Waals surface area contributed by atoms with Crippen LogP contribution in [0.3, 0.4) is 0 Å². The molecule has 62 heavy (non-hydrogen) atoms. The van der Waals surface area contributed by atoms with Gasteiger partial charge in [0.1, 0.15) is 30.5 Å². The Labute approximate surface area is 376 Å². The Morgan fingerprint density at radius 3 is 1.55 bits per heavy atom. The zero-order chi connectivity index (χ0) is 45.7. The second kappa shape index (κ2) is 38.8. The topological polar surface area (TPSA) is 212 Å². The van der Waals surface area contributed by atoms with Gasteiger partial charge in [0.2, 0.25) is 5.91 Å². The quantitative estimate of drug-likeness (QED) is 0.0174. The van der Waals surface area contributed by atoms with Crippen LogP contribution in [0.4, 0.5) is 0 Å². The normalized spacial score (nSPS) is 21.2. The van der Waals surface area contributed by atoms with Crippen molar-refractivity contribution >= 4 is 16.3 Å². The summed E-state index contributed by atoms with van der Waals surface area (Å²) in [6.45, 7) is 3.21. The third-order valence-electron chi connectivity index (χ3n) is 11.8. The summed E-state index contributed by atoms with van der Waals surface area (Å²) in [6, 6.07) is -1.13. The average molecular weight is 906 g/mol. The summed E-state index contributed by atoms with van der Waals surface area (Å²) in [7, 11) is -5.12. The molecule has 1 amide bonds. The molecule has 0 aliphatic carbocycles. The number of hydrogen-bond acceptors (Lipinski definition) is 11. The molecule has 1 rings (SSSR count). The van der Waals surface area contributed by atoms with Gasteiger partial charge in [0.05, 0.1) is 25.4 Å². The lowest BCUT2D eigenvalue weighted by atomic mass is 9.99. The first-order valence-corrected chi connectivity index (χ1v) is 26.2. The van der Waals surface area contributed by atoms with Crippen molar-refractivity contribution in [3.8, 4) is 0 Å². The van der Waals surface area contributed by atoms with E-state index in [0.29, 0.717) is 12.8 Å². The van der Waals surface area contributed by atoms with Crippen molar-refractivity contribution in [2.45, 2.75) is 262 Å². The maximum Gasteiger partial charge on any atom is 0.397 e. The summed E-state index contributed by atoms with van der Waals surface area (Å²) in [5, 5.41) is 55.2. The lowest BCUT2D eigenvalue weighted by Gasteiger charge is -2.41. The maximum absolute atomic E-state index is 13.1. The predicted molar refractivity (Wildman–Crippen MR) is 247 cm³/mol. The van der Waals surface area contributed by atoms with Gasteiger partial charge in [0.15, 0.2) is 6.29 Å². The maximum atomic E-state index is 13.1. The monoisotopic (exact) mass is 906 g/mol. The van der Waals surface area contributed by atoms with Crippen LogP contribution >= 0.6 is 0 Å². The molecule has 0 aromatic rings. The van der Waals surface area contributed by atoms with Gasteiger partial charge in [0.25, 0.3) is 0 Å². The molecule has 0 radical (unpaired) electrons. The number of amides is 1. The van der Waals surface area contributed by atoms with E-state index in [4.69, 9.17) is 9.47 Å². The lowest BCUT2D eigenvalue weighted by Crippen LogP contribution is -2.61. The van der Waals surface area contributed by atoms with Crippen molar-refractivity contribution in [3.05, 3.63) is 24.3 Å². The molecular formula is C48H91NO12S. The highest BCUT2D eigenvalue weighted by Crippen LogP contribution is 2.26. The van der Waals surface area contributed by atoms with Crippen molar-refractivity contribution in [2.75, 3.05) is 13.2 Å². The molecule has 8 unspecified atom stereocenters. The third-order valence-corrected chi connectivity index (χ3v) is 12.3. The Balaban J connectivity index is 2.53. The van der Waals surface area contributed by atoms with E-state index in [9.17, 15) is 43.3 Å². The number of hydrogen-bond donors (Lipinski definition) is 7. The van der Waals surface area contributed by atoms with E-state index in [1.54, 1.807) is 6.08 Å². The van der Waals surface area contributed by atoms with Crippen LogP contribution in [0.2, 0.25) is 0 Å². The van der Waals surface area contributed by atoms with Gasteiger partial charge in [-0.05, 0) is 32.1 Å². The van der Waals surface area contributed by atoms with Crippen LogP contribution in [0.1, 0.15) is 213 Å². The molecular weight excluding hydrogens is 815 g/mol. The van der Waals surface area contributed by atoms with Crippen LogP contribution < -0.4 is 5.32 Å². The highest BCUT2D eigenvalue weighted by molar-refractivity contribution is 7.80. The number of aliphatic hydroxyl groups is 5. The molecule has 1 aliphatic heterocycles. The third kappa shape index (κ3) is 30.6. The summed E-state index contributed by atoms with van der Waals surface area (Å²) in [5.74, 6) is -0.710. The highest BCUT2D eigenvalue weighted by Gasteiger charge is 2.48. The predicted octanol–water partition coefficient (Wildman–Crippen LogP) is 9.08. The van der Waals surface area contributed by atoms with Crippen LogP contribution in [0.5, 0.6) is 0 Å². The Bertz CT molecular complexity index is 1220. The minimum Gasteiger partial charge on any atom is -0.394 e. The average Bonchev–Trinajstić information content (AvgIpc) is 3.24. The first kappa shape index (κ1) is 58.6. The van der Waals surface area contributed by atoms with Crippen LogP contribution in [0.25, 0.3) is 0 Å². The lowest BCUT2D eigenvalue weighted by molar-refractivity contribution is -0.298. The number of allylic oxidation sites excluding steroid dienone is 3. The van der Waals surface area contributed by atoms with Gasteiger partial charge in [0, 0.05) is 0 Å². The number of unbranched alkanes of at least 4 members (excludes halogenated alkanes) is 27. The van der Waals surface area contributed by atoms with Crippen molar-refractivity contribution in [1.82, 2.24) is 5.32 Å². The van der Waals surface area contributed by atoms with Crippen molar-refractivity contribution in [2.24, 2.45) is 0 Å². The van der Waals surface area contributed by atoms with Crippen LogP contribution in [-0.4, -0.2) is 107 Å². The molecule has 0 spiro atoms. The van der Waals surface area contributed by atoms with E-state index in [1.807, 2.05) is 0 Å². The van der Waals surface area contributed by atoms with Gasteiger partial charge < -0.3 is 40.3 Å². The zero-order valence-electron chi connectivity index (χ0n) is 38.8. The summed E-state index contributed by atoms with van der Waals surface area (Å²) < 4.78 is 47.5. The highest BCUT2D eigenvalue weighted by atomic mass is 32.3. The first-order valence-electron chi connectivity index (χ1n) is 24.8. The van der Waals surface area contributed by atoms with Crippen LogP contribution in [0, 0.1) is 0 Å². The zero-order valence-corrected chi connectivity index (χ0v) is 39.6. The molecule has 13 nitrogen and oxygen atoms in total. The molecule has 0 saturated carbocycles. The van der Waals surface area contributed by atoms with Crippen molar-refractivity contribution in [1.29, 1.82) is 0 Å². The van der Waals surface area contributed by atoms with Gasteiger partial charge in [-0.25, -0.2) is 4.18 Å². The Kier molecular flexibility index (Phi) is 36.6. The van der Waals surface area contributed by atoms with Crippen molar-refractivity contribution < 1.29 is 57.0 Å². The Morgan fingerprint density at radius 2 is 1.08 bits per heavy atom. The van der Waals surface area contributed by atoms with Crippen LogP contribution in [-0.2, 0) is 28.9 Å². The number of carbonyl (C=O) groups excluding carboxylic acids is 1. The fourth-order valence-corrected chi connectivity index (χ4v) is 8.40. The molecule has 1 heterocycles. The molecule has 1 fully saturated rings. The molecule has 7 N–H and O–H groups in total. The van der Waals surface area contributed by atoms with E-state index in [1.165, 1.54) is 147 Å². The standard InChI is InChI=1S/C48H91NO12S/c1-3-5-7-9-11-13-15-17-19-20-21-22-23-25-27-29-31-33-35-37-42(52)47(55)49-40(39-59-48-45(54)46(61-62(56,57)58)44(53)43(38-50)60-48)41(51)36-34-32-30-28-26-24-18-16-14-12-10-8-6-4-2/h26,28,34,36,40-46,48,50-54H,3-25,27,29-33,35,37-39H2,1-2H3,(H,49,55)(H,56,57,58)/b28-26+,36-34+. The summed E-state index contributed by atoms with van der Waals surface area (Å²) in [5.41, 5.74) is 0. The van der Waals surface area contributed by atoms with Gasteiger partial charge in [-0.2, -0.15) is 8.42 Å². The summed E-state index contributed by atoms with van der Waals surface area (Å²) in [4.78, 5) is 13.1. The molecule has 0 bridgehead atoms. The van der Waals surface area contributed by atoms with E-state index in [0.717, 1.165) is 38.5 Å². The fraction of sp³-hybridized carbons (Fsp3) is 0.896. The minimum absolute atomic E-state index is 0.241. The number of aliphatic hydroxyl groups excluding tert-OH is 5. The largest absolute Gasteiger partial charge is 0.397 e. The van der Waals surface area contributed by atoms with Crippen molar-refractivity contribution in [3.63, 3.8) is 0 Å². The van der Waals surface area contributed by atoms with E-state index >= 15 is 0 Å². The molecule has 8 atom stereocenters. The second-order valence-electron chi connectivity index (χ2n) is 17.5. The Hall–Kier alpha value is -1.46. The Morgan fingerprint density at radius 1 is 0.645 bits per heavy atom. The molecule has 0 aromatic carbocycles. The molecule has 366 valence electrons. The second-order valence-corrected chi connectivity index (χ2v) is 18.6. The summed E-state index contributed by atoms with van der Waals surface area (Å²) >= 11 is 0. The van der Waals surface area contributed by atoms with E-state index in [-0.39, 0.29) is 6.42 Å². The first-order chi connectivity index (χ1) is 29.9. The molecule has 1 saturated heterocycles. The minimum atomic E-state index is -5.12. The number of nitrogens with one attached hydrogen (secondary N) is 1. The van der Waals surface area contributed by atoms with Gasteiger partial charge in [-0.1, -0.05) is 205 Å². The van der Waals surface area contributed by atoms with Crippen LogP contribution in [0.15, 0.2) is 24.3 Å². The molecule has 14 heteroatoms. The number of carbonyl (C=O) groups is 1. The van der Waals surface area contributed by atoms with Gasteiger partial charge >= 0.3 is 10.4 Å². The molecule has 1 aliphatic rings. The van der Waals surface area contributed by atoms with Gasteiger partial charge in [-0.15, -0.1) is 0 Å². The van der Waals surface area contributed by atoms with Gasteiger partial charge in [-0.3, -0.25) is 9.35 Å². The fourth-order valence-electron chi connectivity index (χ4n) is 7.89. The smallest absolute Gasteiger partial charge is 0.394 e. The molecule has 0 aromatic heterocycles. The number of rotatable bonds is 42. The summed E-state index contributed by atoms with van der Waals surface area (Å²) in [6.07, 6.45) is 32.6. The number of ether oxygens (including phenoxy) is 2. The SMILES string of the molecule is CCCCCCCCCC/C=C/CC/C=C/C(O)C(COC1OC(CO)C(O)C(OS(=O)(=O)O)C1O)NC(=O)C(O)CCCCCCCCCCCCCCCCCCCCC. The van der Waals surface area contributed by atoms with E-state index in [2.05, 4.69) is 35.5 Å².